The van der Waals surface area contributed by atoms with Crippen molar-refractivity contribution >= 4 is 14.5 Å². The van der Waals surface area contributed by atoms with Crippen LogP contribution in [-0.2, 0) is 0 Å². The lowest BCUT2D eigenvalue weighted by Crippen LogP contribution is -1.86. The Morgan fingerprint density at radius 1 is 0.550 bits per heavy atom. The predicted octanol–water partition coefficient (Wildman–Crippen LogP) is 4.25. The summed E-state index contributed by atoms with van der Waals surface area (Å²) >= 11 is 0. The Kier molecular flexibility index (Phi) is 5.34. The summed E-state index contributed by atoms with van der Waals surface area (Å²) in [7, 11) is 2.44. The largest absolute Gasteiger partial charge is 0.507 e. The Hall–Kier alpha value is -2.11. The first-order chi connectivity index (χ1) is 9.77. The Bertz CT molecular complexity index is 577. The first kappa shape index (κ1) is 14.3. The highest BCUT2D eigenvalue weighted by Crippen LogP contribution is 2.17. The fourth-order valence-electron chi connectivity index (χ4n) is 1.75. The van der Waals surface area contributed by atoms with E-state index in [-0.39, 0.29) is 0 Å². The molecule has 0 bridgehead atoms. The first-order valence-corrected chi connectivity index (χ1v) is 6.99. The molecule has 100 valence electrons. The summed E-state index contributed by atoms with van der Waals surface area (Å²) in [6.07, 6.45) is 0. The maximum atomic E-state index is 8.90. The average molecular weight is 280 g/mol. The quantitative estimate of drug-likeness (QED) is 0.661. The Balaban J connectivity index is 0.000000160. The van der Waals surface area contributed by atoms with E-state index >= 15 is 0 Å². The van der Waals surface area contributed by atoms with E-state index in [9.17, 15) is 0 Å². The van der Waals surface area contributed by atoms with Gasteiger partial charge in [0.15, 0.2) is 0 Å². The van der Waals surface area contributed by atoms with E-state index in [0.29, 0.717) is 5.75 Å². The van der Waals surface area contributed by atoms with Crippen molar-refractivity contribution in [3.8, 4) is 16.9 Å². The molecule has 3 rings (SSSR count). The molecule has 0 saturated carbocycles. The highest BCUT2D eigenvalue weighted by Gasteiger charge is 1.91. The van der Waals surface area contributed by atoms with E-state index in [1.165, 1.54) is 11.1 Å². The van der Waals surface area contributed by atoms with Crippen molar-refractivity contribution in [1.82, 2.24) is 0 Å². The van der Waals surface area contributed by atoms with Gasteiger partial charge in [0.2, 0.25) is 0 Å². The molecule has 0 aliphatic rings. The normalized spacial score (nSPS) is 9.45. The number of phenolic OH excluding ortho intramolecular Hbond substituents is 1. The molecule has 0 amide bonds. The van der Waals surface area contributed by atoms with Gasteiger partial charge in [-0.1, -0.05) is 78.9 Å². The zero-order chi connectivity index (χ0) is 14.2. The van der Waals surface area contributed by atoms with Gasteiger partial charge in [-0.2, -0.15) is 0 Å². The van der Waals surface area contributed by atoms with Crippen LogP contribution in [-0.4, -0.2) is 5.11 Å². The molecule has 0 aromatic heterocycles. The van der Waals surface area contributed by atoms with E-state index in [2.05, 4.69) is 57.8 Å². The van der Waals surface area contributed by atoms with E-state index in [4.69, 9.17) is 5.11 Å². The monoisotopic (exact) mass is 280 g/mol. The van der Waals surface area contributed by atoms with Crippen LogP contribution >= 0.6 is 9.24 Å². The highest BCUT2D eigenvalue weighted by molar-refractivity contribution is 7.27. The topological polar surface area (TPSA) is 20.2 Å². The van der Waals surface area contributed by atoms with Gasteiger partial charge in [-0.15, -0.1) is 9.24 Å². The molecule has 0 aliphatic carbocycles. The molecule has 3 aromatic rings. The summed E-state index contributed by atoms with van der Waals surface area (Å²) in [5.74, 6) is 0.331. The fourth-order valence-corrected chi connectivity index (χ4v) is 1.96. The SMILES string of the molecule is Oc1ccccc1P.c1ccc(-c2ccccc2)cc1. The van der Waals surface area contributed by atoms with Crippen LogP contribution in [0.25, 0.3) is 11.1 Å². The Labute approximate surface area is 122 Å². The molecule has 1 unspecified atom stereocenters. The van der Waals surface area contributed by atoms with Crippen LogP contribution in [0, 0.1) is 0 Å². The Morgan fingerprint density at radius 2 is 0.950 bits per heavy atom. The van der Waals surface area contributed by atoms with Crippen molar-refractivity contribution in [3.63, 3.8) is 0 Å². The minimum Gasteiger partial charge on any atom is -0.507 e. The van der Waals surface area contributed by atoms with Crippen LogP contribution in [0.2, 0.25) is 0 Å². The van der Waals surface area contributed by atoms with Crippen molar-refractivity contribution in [2.75, 3.05) is 0 Å². The Morgan fingerprint density at radius 3 is 1.30 bits per heavy atom. The van der Waals surface area contributed by atoms with Crippen LogP contribution in [0.1, 0.15) is 0 Å². The minimum atomic E-state index is 0.331. The van der Waals surface area contributed by atoms with Crippen LogP contribution in [0.3, 0.4) is 0 Å². The molecule has 2 heteroatoms. The van der Waals surface area contributed by atoms with Crippen molar-refractivity contribution in [3.05, 3.63) is 84.9 Å². The molecular formula is C18H17OP. The summed E-state index contributed by atoms with van der Waals surface area (Å²) < 4.78 is 0. The van der Waals surface area contributed by atoms with Gasteiger partial charge in [0, 0.05) is 5.30 Å². The number of rotatable bonds is 1. The molecule has 1 atom stereocenters. The van der Waals surface area contributed by atoms with Gasteiger partial charge in [0.1, 0.15) is 5.75 Å². The van der Waals surface area contributed by atoms with Crippen molar-refractivity contribution < 1.29 is 5.11 Å². The lowest BCUT2D eigenvalue weighted by atomic mass is 10.1. The molecule has 3 aromatic carbocycles. The molecule has 0 heterocycles. The fraction of sp³-hybridized carbons (Fsp3) is 0. The summed E-state index contributed by atoms with van der Waals surface area (Å²) in [6.45, 7) is 0. The molecular weight excluding hydrogens is 263 g/mol. The average Bonchev–Trinajstić information content (AvgIpc) is 2.53. The smallest absolute Gasteiger partial charge is 0.122 e. The number of para-hydroxylation sites is 1. The van der Waals surface area contributed by atoms with Crippen molar-refractivity contribution in [2.45, 2.75) is 0 Å². The maximum Gasteiger partial charge on any atom is 0.122 e. The first-order valence-electron chi connectivity index (χ1n) is 6.41. The molecule has 0 spiro atoms. The van der Waals surface area contributed by atoms with Gasteiger partial charge >= 0.3 is 0 Å². The van der Waals surface area contributed by atoms with Gasteiger partial charge in [-0.25, -0.2) is 0 Å². The zero-order valence-corrected chi connectivity index (χ0v) is 12.3. The van der Waals surface area contributed by atoms with Gasteiger partial charge in [0.25, 0.3) is 0 Å². The number of phenols is 1. The third-order valence-corrected chi connectivity index (χ3v) is 3.31. The lowest BCUT2D eigenvalue weighted by Gasteiger charge is -1.98. The van der Waals surface area contributed by atoms with Crippen LogP contribution in [0.15, 0.2) is 84.9 Å². The summed E-state index contributed by atoms with van der Waals surface area (Å²) in [5.41, 5.74) is 2.55. The maximum absolute atomic E-state index is 8.90. The number of hydrogen-bond acceptors (Lipinski definition) is 1. The third-order valence-electron chi connectivity index (χ3n) is 2.82. The third kappa shape index (κ3) is 4.22. The van der Waals surface area contributed by atoms with Crippen LogP contribution < -0.4 is 5.30 Å². The van der Waals surface area contributed by atoms with E-state index in [0.717, 1.165) is 5.30 Å². The van der Waals surface area contributed by atoms with Crippen LogP contribution in [0.5, 0.6) is 5.75 Å². The summed E-state index contributed by atoms with van der Waals surface area (Å²) in [4.78, 5) is 0. The molecule has 0 aliphatic heterocycles. The standard InChI is InChI=1S/C12H10.C6H7OP/c1-3-7-11(8-4-1)12-9-5-2-6-10-12;7-5-3-1-2-4-6(5)8/h1-10H;1-4,7H,8H2. The molecule has 0 radical (unpaired) electrons. The predicted molar refractivity (Wildman–Crippen MR) is 89.3 cm³/mol. The van der Waals surface area contributed by atoms with Crippen molar-refractivity contribution in [1.29, 1.82) is 0 Å². The second-order valence-corrected chi connectivity index (χ2v) is 4.91. The highest BCUT2D eigenvalue weighted by atomic mass is 31.0. The van der Waals surface area contributed by atoms with E-state index in [1.54, 1.807) is 12.1 Å². The molecule has 1 nitrogen and oxygen atoms in total. The molecule has 0 fully saturated rings. The zero-order valence-electron chi connectivity index (χ0n) is 11.1. The number of benzene rings is 3. The van der Waals surface area contributed by atoms with E-state index < -0.39 is 0 Å². The van der Waals surface area contributed by atoms with Gasteiger partial charge in [-0.05, 0) is 17.2 Å². The molecule has 1 N–H and O–H groups in total. The summed E-state index contributed by atoms with van der Waals surface area (Å²) in [5, 5.41) is 9.74. The van der Waals surface area contributed by atoms with Crippen LogP contribution in [0.4, 0.5) is 0 Å². The number of hydrogen-bond donors (Lipinski definition) is 1. The number of aromatic hydroxyl groups is 1. The van der Waals surface area contributed by atoms with Gasteiger partial charge in [0.05, 0.1) is 0 Å². The lowest BCUT2D eigenvalue weighted by molar-refractivity contribution is 0.480. The molecule has 0 saturated heterocycles. The second-order valence-electron chi connectivity index (χ2n) is 4.29. The second kappa shape index (κ2) is 7.47. The molecule has 20 heavy (non-hydrogen) atoms. The van der Waals surface area contributed by atoms with Gasteiger partial charge < -0.3 is 5.11 Å². The van der Waals surface area contributed by atoms with Crippen molar-refractivity contribution in [2.24, 2.45) is 0 Å². The minimum absolute atomic E-state index is 0.331. The van der Waals surface area contributed by atoms with E-state index in [1.807, 2.05) is 24.3 Å². The van der Waals surface area contributed by atoms with Gasteiger partial charge in [-0.3, -0.25) is 0 Å². The summed E-state index contributed by atoms with van der Waals surface area (Å²) in [6, 6.07) is 27.9.